The Morgan fingerprint density at radius 3 is 2.41 bits per heavy atom. The fraction of sp³-hybridized carbons (Fsp3) is 0.667. The van der Waals surface area contributed by atoms with Crippen LogP contribution in [0, 0.1) is 0 Å². The zero-order valence-electron chi connectivity index (χ0n) is 16.7. The molecular formula is C21H36IN5. The van der Waals surface area contributed by atoms with Gasteiger partial charge in [-0.15, -0.1) is 24.0 Å². The Balaban J connectivity index is 0.00000261. The molecule has 27 heavy (non-hydrogen) atoms. The van der Waals surface area contributed by atoms with Gasteiger partial charge in [0.2, 0.25) is 0 Å². The lowest BCUT2D eigenvalue weighted by atomic mass is 10.0. The van der Waals surface area contributed by atoms with Gasteiger partial charge in [0, 0.05) is 39.3 Å². The Hall–Kier alpha value is -0.860. The summed E-state index contributed by atoms with van der Waals surface area (Å²) in [7, 11) is 1.88. The molecule has 6 heteroatoms. The van der Waals surface area contributed by atoms with E-state index in [1.807, 2.05) is 7.05 Å². The number of nitrogens with one attached hydrogen (secondary N) is 2. The molecule has 2 fully saturated rings. The third-order valence-electron chi connectivity index (χ3n) is 5.54. The fourth-order valence-electron chi connectivity index (χ4n) is 3.98. The van der Waals surface area contributed by atoms with Gasteiger partial charge in [0.05, 0.1) is 0 Å². The van der Waals surface area contributed by atoms with Crippen LogP contribution in [0.2, 0.25) is 0 Å². The first-order valence-corrected chi connectivity index (χ1v) is 10.3. The number of likely N-dealkylation sites (tertiary alicyclic amines) is 2. The van der Waals surface area contributed by atoms with Crippen molar-refractivity contribution in [3.05, 3.63) is 35.9 Å². The van der Waals surface area contributed by atoms with Crippen LogP contribution in [-0.4, -0.2) is 68.1 Å². The highest BCUT2D eigenvalue weighted by Crippen LogP contribution is 2.13. The molecule has 2 saturated heterocycles. The summed E-state index contributed by atoms with van der Waals surface area (Å²) in [5.41, 5.74) is 1.41. The van der Waals surface area contributed by atoms with E-state index in [0.29, 0.717) is 6.04 Å². The standard InChI is InChI=1S/C21H35N5.HI/c1-22-21(23-12-7-15-25-13-5-6-14-25)24-20-10-16-26(17-11-20)18-19-8-3-2-4-9-19;/h2-4,8-9,20H,5-7,10-18H2,1H3,(H2,22,23,24);1H. The first-order valence-electron chi connectivity index (χ1n) is 10.3. The van der Waals surface area contributed by atoms with Gasteiger partial charge in [-0.05, 0) is 57.3 Å². The lowest BCUT2D eigenvalue weighted by Gasteiger charge is -2.33. The van der Waals surface area contributed by atoms with Crippen molar-refractivity contribution >= 4 is 29.9 Å². The maximum Gasteiger partial charge on any atom is 0.191 e. The van der Waals surface area contributed by atoms with Crippen LogP contribution in [0.4, 0.5) is 0 Å². The van der Waals surface area contributed by atoms with Gasteiger partial charge in [0.15, 0.2) is 5.96 Å². The molecule has 3 rings (SSSR count). The monoisotopic (exact) mass is 485 g/mol. The van der Waals surface area contributed by atoms with E-state index in [1.54, 1.807) is 0 Å². The maximum atomic E-state index is 4.41. The van der Waals surface area contributed by atoms with Crippen molar-refractivity contribution in [2.45, 2.75) is 44.7 Å². The van der Waals surface area contributed by atoms with E-state index < -0.39 is 0 Å². The van der Waals surface area contributed by atoms with E-state index in [-0.39, 0.29) is 24.0 Å². The van der Waals surface area contributed by atoms with Crippen molar-refractivity contribution in [3.63, 3.8) is 0 Å². The molecule has 0 spiro atoms. The molecule has 0 saturated carbocycles. The molecule has 5 nitrogen and oxygen atoms in total. The molecule has 0 aromatic heterocycles. The molecule has 2 aliphatic rings. The van der Waals surface area contributed by atoms with Gasteiger partial charge in [-0.3, -0.25) is 9.89 Å². The average Bonchev–Trinajstić information content (AvgIpc) is 3.20. The number of rotatable bonds is 7. The second-order valence-electron chi connectivity index (χ2n) is 7.58. The minimum Gasteiger partial charge on any atom is -0.356 e. The van der Waals surface area contributed by atoms with Crippen LogP contribution in [0.5, 0.6) is 0 Å². The first-order chi connectivity index (χ1) is 12.8. The van der Waals surface area contributed by atoms with Crippen LogP contribution in [-0.2, 0) is 6.54 Å². The lowest BCUT2D eigenvalue weighted by molar-refractivity contribution is 0.198. The smallest absolute Gasteiger partial charge is 0.191 e. The Morgan fingerprint density at radius 2 is 1.74 bits per heavy atom. The molecule has 152 valence electrons. The predicted molar refractivity (Wildman–Crippen MR) is 125 cm³/mol. The normalized spacial score (nSPS) is 19.7. The highest BCUT2D eigenvalue weighted by atomic mass is 127. The van der Waals surface area contributed by atoms with Crippen LogP contribution in [0.15, 0.2) is 35.3 Å². The van der Waals surface area contributed by atoms with Crippen molar-refractivity contribution in [3.8, 4) is 0 Å². The number of guanidine groups is 1. The maximum absolute atomic E-state index is 4.41. The number of nitrogens with zero attached hydrogens (tertiary/aromatic N) is 3. The lowest BCUT2D eigenvalue weighted by Crippen LogP contribution is -2.48. The van der Waals surface area contributed by atoms with E-state index in [4.69, 9.17) is 0 Å². The van der Waals surface area contributed by atoms with Crippen molar-refractivity contribution in [1.82, 2.24) is 20.4 Å². The molecule has 2 N–H and O–H groups in total. The van der Waals surface area contributed by atoms with Gasteiger partial charge < -0.3 is 15.5 Å². The van der Waals surface area contributed by atoms with E-state index in [1.165, 1.54) is 57.3 Å². The van der Waals surface area contributed by atoms with E-state index in [0.717, 1.165) is 32.1 Å². The highest BCUT2D eigenvalue weighted by Gasteiger charge is 2.20. The fourth-order valence-corrected chi connectivity index (χ4v) is 3.98. The van der Waals surface area contributed by atoms with Gasteiger partial charge >= 0.3 is 0 Å². The van der Waals surface area contributed by atoms with Gasteiger partial charge in [-0.25, -0.2) is 0 Å². The van der Waals surface area contributed by atoms with Crippen molar-refractivity contribution in [2.24, 2.45) is 4.99 Å². The Morgan fingerprint density at radius 1 is 1.04 bits per heavy atom. The summed E-state index contributed by atoms with van der Waals surface area (Å²) >= 11 is 0. The molecule has 0 amide bonds. The summed E-state index contributed by atoms with van der Waals surface area (Å²) < 4.78 is 0. The molecule has 1 aromatic carbocycles. The first kappa shape index (κ1) is 22.4. The summed E-state index contributed by atoms with van der Waals surface area (Å²) in [4.78, 5) is 9.53. The largest absolute Gasteiger partial charge is 0.356 e. The zero-order chi connectivity index (χ0) is 18.0. The number of hydrogen-bond donors (Lipinski definition) is 2. The average molecular weight is 485 g/mol. The summed E-state index contributed by atoms with van der Waals surface area (Å²) in [6.07, 6.45) is 6.30. The zero-order valence-corrected chi connectivity index (χ0v) is 19.0. The van der Waals surface area contributed by atoms with E-state index in [9.17, 15) is 0 Å². The molecule has 2 aliphatic heterocycles. The molecule has 0 bridgehead atoms. The van der Waals surface area contributed by atoms with Crippen LogP contribution >= 0.6 is 24.0 Å². The molecule has 0 unspecified atom stereocenters. The number of benzene rings is 1. The molecule has 1 aromatic rings. The molecular weight excluding hydrogens is 449 g/mol. The third-order valence-corrected chi connectivity index (χ3v) is 5.54. The Bertz CT molecular complexity index is 537. The van der Waals surface area contributed by atoms with Crippen molar-refractivity contribution in [1.29, 1.82) is 0 Å². The molecule has 2 heterocycles. The Labute approximate surface area is 182 Å². The van der Waals surface area contributed by atoms with Gasteiger partial charge in [-0.1, -0.05) is 30.3 Å². The van der Waals surface area contributed by atoms with Crippen molar-refractivity contribution < 1.29 is 0 Å². The van der Waals surface area contributed by atoms with Crippen LogP contribution in [0.1, 0.15) is 37.7 Å². The van der Waals surface area contributed by atoms with Crippen molar-refractivity contribution in [2.75, 3.05) is 46.3 Å². The van der Waals surface area contributed by atoms with Crippen LogP contribution in [0.25, 0.3) is 0 Å². The summed E-state index contributed by atoms with van der Waals surface area (Å²) in [6, 6.07) is 11.3. The second kappa shape index (κ2) is 12.6. The van der Waals surface area contributed by atoms with Crippen LogP contribution < -0.4 is 10.6 Å². The van der Waals surface area contributed by atoms with Gasteiger partial charge in [-0.2, -0.15) is 0 Å². The predicted octanol–water partition coefficient (Wildman–Crippen LogP) is 2.92. The molecule has 0 radical (unpaired) electrons. The summed E-state index contributed by atoms with van der Waals surface area (Å²) in [5, 5.41) is 7.11. The highest BCUT2D eigenvalue weighted by molar-refractivity contribution is 14.0. The summed E-state index contributed by atoms with van der Waals surface area (Å²) in [6.45, 7) is 8.15. The number of halogens is 1. The topological polar surface area (TPSA) is 42.9 Å². The number of aliphatic imine (C=N–C) groups is 1. The van der Waals surface area contributed by atoms with Crippen LogP contribution in [0.3, 0.4) is 0 Å². The Kier molecular flexibility index (Phi) is 10.4. The summed E-state index contributed by atoms with van der Waals surface area (Å²) in [5.74, 6) is 0.966. The minimum absolute atomic E-state index is 0. The quantitative estimate of drug-likeness (QED) is 0.270. The third kappa shape index (κ3) is 7.95. The number of piperidine rings is 1. The minimum atomic E-state index is 0. The van der Waals surface area contributed by atoms with Gasteiger partial charge in [0.25, 0.3) is 0 Å². The van der Waals surface area contributed by atoms with Gasteiger partial charge in [0.1, 0.15) is 0 Å². The van der Waals surface area contributed by atoms with E-state index in [2.05, 4.69) is 55.8 Å². The molecule has 0 atom stereocenters. The molecule has 0 aliphatic carbocycles. The SMILES string of the molecule is CN=C(NCCCN1CCCC1)NC1CCN(Cc2ccccc2)CC1.I. The number of hydrogen-bond acceptors (Lipinski definition) is 3. The second-order valence-corrected chi connectivity index (χ2v) is 7.58. The van der Waals surface area contributed by atoms with E-state index >= 15 is 0 Å².